The summed E-state index contributed by atoms with van der Waals surface area (Å²) in [5, 5.41) is 5.02. The average molecular weight is 352 g/mol. The molecule has 0 saturated heterocycles. The van der Waals surface area contributed by atoms with Gasteiger partial charge >= 0.3 is 0 Å². The van der Waals surface area contributed by atoms with E-state index in [2.05, 4.69) is 11.9 Å². The molecular weight excluding hydrogens is 335 g/mol. The summed E-state index contributed by atoms with van der Waals surface area (Å²) >= 11 is 1.69. The molecule has 0 radical (unpaired) electrons. The third-order valence-corrected chi connectivity index (χ3v) is 5.51. The number of carbonyl (C=O) groups is 1. The molecular formula is C20H17FN2OS. The number of carbonyl (C=O) groups excluding carboxylic acids is 1. The van der Waals surface area contributed by atoms with Crippen molar-refractivity contribution in [2.75, 3.05) is 6.54 Å². The standard InChI is InChI=1S/C20H17FN2OS/c1-13-5-6-15(12-22-13)20(24)23-9-7-18-17(8-10-25-18)19(23)14-3-2-4-16(21)11-14/h2-6,8,10-12,19,22H,1,7,9H2. The molecule has 5 heteroatoms. The summed E-state index contributed by atoms with van der Waals surface area (Å²) in [7, 11) is 0. The Hall–Kier alpha value is -2.66. The first-order chi connectivity index (χ1) is 12.1. The predicted octanol–water partition coefficient (Wildman–Crippen LogP) is 3.92. The third-order valence-electron chi connectivity index (χ3n) is 4.52. The smallest absolute Gasteiger partial charge is 0.256 e. The Morgan fingerprint density at radius 3 is 2.96 bits per heavy atom. The van der Waals surface area contributed by atoms with E-state index >= 15 is 0 Å². The molecule has 1 amide bonds. The van der Waals surface area contributed by atoms with Gasteiger partial charge in [0.25, 0.3) is 5.91 Å². The van der Waals surface area contributed by atoms with Crippen LogP contribution in [0, 0.1) is 5.82 Å². The molecule has 0 saturated carbocycles. The molecule has 2 aromatic rings. The highest BCUT2D eigenvalue weighted by molar-refractivity contribution is 7.10. The Balaban J connectivity index is 1.75. The van der Waals surface area contributed by atoms with Crippen molar-refractivity contribution in [2.45, 2.75) is 12.5 Å². The van der Waals surface area contributed by atoms with Crippen LogP contribution in [-0.2, 0) is 11.2 Å². The van der Waals surface area contributed by atoms with Crippen molar-refractivity contribution >= 4 is 17.2 Å². The van der Waals surface area contributed by atoms with Crippen molar-refractivity contribution in [3.8, 4) is 0 Å². The van der Waals surface area contributed by atoms with Crippen LogP contribution in [0.2, 0.25) is 0 Å². The fourth-order valence-electron chi connectivity index (χ4n) is 3.33. The highest BCUT2D eigenvalue weighted by Gasteiger charge is 2.34. The Morgan fingerprint density at radius 1 is 1.32 bits per heavy atom. The molecule has 4 rings (SSSR count). The van der Waals surface area contributed by atoms with Crippen LogP contribution < -0.4 is 5.32 Å². The van der Waals surface area contributed by atoms with Crippen LogP contribution in [0.4, 0.5) is 4.39 Å². The lowest BCUT2D eigenvalue weighted by Gasteiger charge is -2.36. The van der Waals surface area contributed by atoms with Crippen LogP contribution >= 0.6 is 11.3 Å². The lowest BCUT2D eigenvalue weighted by Crippen LogP contribution is -2.41. The molecule has 126 valence electrons. The average Bonchev–Trinajstić information content (AvgIpc) is 3.09. The summed E-state index contributed by atoms with van der Waals surface area (Å²) in [5.41, 5.74) is 3.21. The number of thiophene rings is 1. The zero-order chi connectivity index (χ0) is 17.4. The predicted molar refractivity (Wildman–Crippen MR) is 97.5 cm³/mol. The molecule has 2 aliphatic rings. The normalized spacial score (nSPS) is 19.2. The summed E-state index contributed by atoms with van der Waals surface area (Å²) < 4.78 is 13.8. The van der Waals surface area contributed by atoms with E-state index in [0.717, 1.165) is 23.2 Å². The summed E-state index contributed by atoms with van der Waals surface area (Å²) in [6, 6.07) is 8.29. The Morgan fingerprint density at radius 2 is 2.20 bits per heavy atom. The van der Waals surface area contributed by atoms with E-state index in [1.165, 1.54) is 17.0 Å². The fraction of sp³-hybridized carbons (Fsp3) is 0.150. The van der Waals surface area contributed by atoms with E-state index in [-0.39, 0.29) is 17.8 Å². The first kappa shape index (κ1) is 15.8. The number of dihydropyridines is 1. The van der Waals surface area contributed by atoms with Crippen molar-refractivity contribution in [2.24, 2.45) is 0 Å². The number of benzene rings is 1. The van der Waals surface area contributed by atoms with E-state index in [4.69, 9.17) is 0 Å². The van der Waals surface area contributed by atoms with Crippen molar-refractivity contribution in [1.29, 1.82) is 0 Å². The molecule has 25 heavy (non-hydrogen) atoms. The first-order valence-electron chi connectivity index (χ1n) is 8.10. The second-order valence-electron chi connectivity index (χ2n) is 6.11. The Kier molecular flexibility index (Phi) is 4.01. The molecule has 3 nitrogen and oxygen atoms in total. The number of allylic oxidation sites excluding steroid dienone is 1. The first-order valence-corrected chi connectivity index (χ1v) is 8.98. The van der Waals surface area contributed by atoms with E-state index in [9.17, 15) is 9.18 Å². The van der Waals surface area contributed by atoms with Crippen molar-refractivity contribution < 1.29 is 9.18 Å². The number of nitrogens with one attached hydrogen (secondary N) is 1. The number of hydrogen-bond acceptors (Lipinski definition) is 3. The molecule has 0 aliphatic carbocycles. The zero-order valence-electron chi connectivity index (χ0n) is 13.5. The molecule has 3 heterocycles. The van der Waals surface area contributed by atoms with Gasteiger partial charge in [0.15, 0.2) is 0 Å². The van der Waals surface area contributed by atoms with Crippen LogP contribution in [0.25, 0.3) is 0 Å². The van der Waals surface area contributed by atoms with Gasteiger partial charge in [0.2, 0.25) is 0 Å². The molecule has 2 aliphatic heterocycles. The summed E-state index contributed by atoms with van der Waals surface area (Å²) in [4.78, 5) is 16.2. The molecule has 1 unspecified atom stereocenters. The quantitative estimate of drug-likeness (QED) is 0.888. The maximum Gasteiger partial charge on any atom is 0.256 e. The van der Waals surface area contributed by atoms with Crippen LogP contribution in [0.15, 0.2) is 71.9 Å². The highest BCUT2D eigenvalue weighted by atomic mass is 32.1. The van der Waals surface area contributed by atoms with E-state index < -0.39 is 0 Å². The second-order valence-corrected chi connectivity index (χ2v) is 7.11. The maximum absolute atomic E-state index is 13.8. The molecule has 1 aromatic heterocycles. The fourth-order valence-corrected chi connectivity index (χ4v) is 4.23. The van der Waals surface area contributed by atoms with Gasteiger partial charge in [-0.25, -0.2) is 4.39 Å². The number of amides is 1. The molecule has 0 fully saturated rings. The lowest BCUT2D eigenvalue weighted by atomic mass is 9.92. The zero-order valence-corrected chi connectivity index (χ0v) is 14.4. The minimum atomic E-state index is -0.290. The third kappa shape index (κ3) is 2.91. The second kappa shape index (κ2) is 6.33. The molecule has 1 N–H and O–H groups in total. The number of nitrogens with zero attached hydrogens (tertiary/aromatic N) is 1. The SMILES string of the molecule is C=C1C=CC(C(=O)N2CCc3sccc3C2c2cccc(F)c2)=CN1. The molecule has 0 bridgehead atoms. The largest absolute Gasteiger partial charge is 0.361 e. The lowest BCUT2D eigenvalue weighted by molar-refractivity contribution is -0.128. The van der Waals surface area contributed by atoms with Gasteiger partial charge in [0.05, 0.1) is 11.6 Å². The van der Waals surface area contributed by atoms with Gasteiger partial charge in [-0.1, -0.05) is 18.7 Å². The number of hydrogen-bond donors (Lipinski definition) is 1. The molecule has 1 aromatic carbocycles. The summed E-state index contributed by atoms with van der Waals surface area (Å²) in [5.74, 6) is -0.357. The minimum Gasteiger partial charge on any atom is -0.361 e. The van der Waals surface area contributed by atoms with E-state index in [1.807, 2.05) is 22.4 Å². The topological polar surface area (TPSA) is 32.3 Å². The number of halogens is 1. The van der Waals surface area contributed by atoms with E-state index in [1.54, 1.807) is 35.8 Å². The van der Waals surface area contributed by atoms with Gasteiger partial charge in [-0.2, -0.15) is 0 Å². The van der Waals surface area contributed by atoms with Gasteiger partial charge < -0.3 is 10.2 Å². The van der Waals surface area contributed by atoms with Gasteiger partial charge in [-0.3, -0.25) is 4.79 Å². The van der Waals surface area contributed by atoms with Crippen molar-refractivity contribution in [3.63, 3.8) is 0 Å². The Bertz CT molecular complexity index is 912. The Labute approximate surface area is 149 Å². The monoisotopic (exact) mass is 352 g/mol. The van der Waals surface area contributed by atoms with Gasteiger partial charge in [-0.15, -0.1) is 11.3 Å². The highest BCUT2D eigenvalue weighted by Crippen LogP contribution is 2.38. The van der Waals surface area contributed by atoms with Gasteiger partial charge in [0, 0.05) is 23.3 Å². The number of rotatable bonds is 2. The molecule has 1 atom stereocenters. The van der Waals surface area contributed by atoms with Crippen LogP contribution in [0.1, 0.15) is 22.0 Å². The van der Waals surface area contributed by atoms with Crippen LogP contribution in [-0.4, -0.2) is 17.4 Å². The van der Waals surface area contributed by atoms with Crippen molar-refractivity contribution in [3.05, 3.63) is 93.7 Å². The minimum absolute atomic E-state index is 0.0673. The molecule has 0 spiro atoms. The van der Waals surface area contributed by atoms with Crippen molar-refractivity contribution in [1.82, 2.24) is 10.2 Å². The maximum atomic E-state index is 13.8. The van der Waals surface area contributed by atoms with Gasteiger partial charge in [0.1, 0.15) is 5.82 Å². The van der Waals surface area contributed by atoms with Crippen LogP contribution in [0.5, 0.6) is 0 Å². The van der Waals surface area contributed by atoms with E-state index in [0.29, 0.717) is 12.1 Å². The summed E-state index contributed by atoms with van der Waals surface area (Å²) in [6.07, 6.45) is 6.05. The number of fused-ring (bicyclic) bond motifs is 1. The summed E-state index contributed by atoms with van der Waals surface area (Å²) in [6.45, 7) is 4.42. The van der Waals surface area contributed by atoms with Gasteiger partial charge in [-0.05, 0) is 53.3 Å². The van der Waals surface area contributed by atoms with Crippen LogP contribution in [0.3, 0.4) is 0 Å².